The number of ether oxygens (including phenoxy) is 2. The maximum Gasteiger partial charge on any atom is 0.414 e. The molecule has 21 heavy (non-hydrogen) atoms. The molecule has 1 aromatic rings. The Morgan fingerprint density at radius 1 is 1.33 bits per heavy atom. The quantitative estimate of drug-likeness (QED) is 0.808. The highest BCUT2D eigenvalue weighted by atomic mass is 16.6. The fourth-order valence-corrected chi connectivity index (χ4v) is 1.33. The molecule has 0 saturated carbocycles. The van der Waals surface area contributed by atoms with Gasteiger partial charge in [0.1, 0.15) is 5.60 Å². The predicted octanol–water partition coefficient (Wildman–Crippen LogP) is 1.42. The van der Waals surface area contributed by atoms with E-state index in [9.17, 15) is 14.7 Å². The van der Waals surface area contributed by atoms with Gasteiger partial charge in [0, 0.05) is 18.0 Å². The first-order valence-electron chi connectivity index (χ1n) is 6.28. The van der Waals surface area contributed by atoms with Crippen molar-refractivity contribution in [1.82, 2.24) is 9.97 Å². The minimum absolute atomic E-state index is 0.0401. The molecular weight excluding hydrogens is 278 g/mol. The van der Waals surface area contributed by atoms with Gasteiger partial charge in [-0.1, -0.05) is 0 Å². The van der Waals surface area contributed by atoms with Crippen molar-refractivity contribution < 1.29 is 24.2 Å². The van der Waals surface area contributed by atoms with Gasteiger partial charge in [0.15, 0.2) is 0 Å². The van der Waals surface area contributed by atoms with Crippen molar-refractivity contribution in [3.05, 3.63) is 18.0 Å². The lowest BCUT2D eigenvalue weighted by Gasteiger charge is -2.19. The van der Waals surface area contributed by atoms with Crippen LogP contribution in [0.5, 0.6) is 0 Å². The SMILES string of the molecule is COC(=O)C[C@H](O)c1cnc(NC(=O)OC(C)(C)C)nc1. The summed E-state index contributed by atoms with van der Waals surface area (Å²) in [4.78, 5) is 30.3. The van der Waals surface area contributed by atoms with Crippen molar-refractivity contribution in [2.45, 2.75) is 38.9 Å². The molecule has 0 fully saturated rings. The Balaban J connectivity index is 2.62. The van der Waals surface area contributed by atoms with Gasteiger partial charge in [0.25, 0.3) is 0 Å². The number of aliphatic hydroxyl groups excluding tert-OH is 1. The Labute approximate surface area is 122 Å². The lowest BCUT2D eigenvalue weighted by atomic mass is 10.1. The summed E-state index contributed by atoms with van der Waals surface area (Å²) in [6, 6.07) is 0. The zero-order valence-electron chi connectivity index (χ0n) is 12.4. The summed E-state index contributed by atoms with van der Waals surface area (Å²) in [5.41, 5.74) is -0.282. The van der Waals surface area contributed by atoms with E-state index in [4.69, 9.17) is 4.74 Å². The Hall–Kier alpha value is -2.22. The number of aliphatic hydroxyl groups is 1. The Morgan fingerprint density at radius 3 is 2.38 bits per heavy atom. The second kappa shape index (κ2) is 6.98. The lowest BCUT2D eigenvalue weighted by Crippen LogP contribution is -2.27. The molecule has 1 aromatic heterocycles. The molecule has 0 unspecified atom stereocenters. The molecule has 0 aliphatic rings. The first kappa shape index (κ1) is 16.8. The lowest BCUT2D eigenvalue weighted by molar-refractivity contribution is -0.142. The van der Waals surface area contributed by atoms with Crippen LogP contribution in [0.4, 0.5) is 10.7 Å². The Morgan fingerprint density at radius 2 is 1.90 bits per heavy atom. The fraction of sp³-hybridized carbons (Fsp3) is 0.538. The summed E-state index contributed by atoms with van der Waals surface area (Å²) in [6.07, 6.45) is 0.692. The molecule has 1 atom stereocenters. The van der Waals surface area contributed by atoms with Crippen molar-refractivity contribution in [1.29, 1.82) is 0 Å². The molecule has 116 valence electrons. The summed E-state index contributed by atoms with van der Waals surface area (Å²) in [7, 11) is 1.24. The first-order valence-corrected chi connectivity index (χ1v) is 6.28. The number of carbonyl (C=O) groups excluding carboxylic acids is 2. The molecule has 8 heteroatoms. The van der Waals surface area contributed by atoms with Crippen molar-refractivity contribution >= 4 is 18.0 Å². The molecule has 1 rings (SSSR count). The third-order valence-corrected chi connectivity index (χ3v) is 2.26. The van der Waals surface area contributed by atoms with Crippen LogP contribution in [0.3, 0.4) is 0 Å². The number of methoxy groups -OCH3 is 1. The largest absolute Gasteiger partial charge is 0.469 e. The number of anilines is 1. The third-order valence-electron chi connectivity index (χ3n) is 2.26. The van der Waals surface area contributed by atoms with Crippen molar-refractivity contribution in [3.8, 4) is 0 Å². The molecule has 0 aromatic carbocycles. The van der Waals surface area contributed by atoms with Crippen LogP contribution >= 0.6 is 0 Å². The van der Waals surface area contributed by atoms with Crippen LogP contribution in [0, 0.1) is 0 Å². The van der Waals surface area contributed by atoms with E-state index in [0.717, 1.165) is 0 Å². The predicted molar refractivity (Wildman–Crippen MR) is 73.5 cm³/mol. The minimum atomic E-state index is -1.06. The van der Waals surface area contributed by atoms with E-state index in [-0.39, 0.29) is 12.4 Å². The highest BCUT2D eigenvalue weighted by molar-refractivity contribution is 5.82. The number of nitrogens with one attached hydrogen (secondary N) is 1. The molecule has 2 N–H and O–H groups in total. The van der Waals surface area contributed by atoms with E-state index in [1.54, 1.807) is 20.8 Å². The van der Waals surface area contributed by atoms with Gasteiger partial charge in [-0.2, -0.15) is 0 Å². The molecule has 0 aliphatic carbocycles. The van der Waals surface area contributed by atoms with Crippen molar-refractivity contribution in [2.24, 2.45) is 0 Å². The molecular formula is C13H19N3O5. The van der Waals surface area contributed by atoms with Crippen LogP contribution in [-0.4, -0.2) is 39.8 Å². The molecule has 1 heterocycles. The molecule has 0 aliphatic heterocycles. The minimum Gasteiger partial charge on any atom is -0.469 e. The molecule has 0 spiro atoms. The van der Waals surface area contributed by atoms with Crippen LogP contribution in [0.15, 0.2) is 12.4 Å². The molecule has 0 bridgehead atoms. The van der Waals surface area contributed by atoms with Crippen LogP contribution < -0.4 is 5.32 Å². The normalized spacial score (nSPS) is 12.4. The van der Waals surface area contributed by atoms with E-state index < -0.39 is 23.8 Å². The second-order valence-corrected chi connectivity index (χ2v) is 5.26. The summed E-state index contributed by atoms with van der Waals surface area (Å²) >= 11 is 0. The summed E-state index contributed by atoms with van der Waals surface area (Å²) in [5.74, 6) is -0.503. The molecule has 1 amide bonds. The number of rotatable bonds is 4. The topological polar surface area (TPSA) is 111 Å². The number of carbonyl (C=O) groups is 2. The van der Waals surface area contributed by atoms with Crippen LogP contribution in [0.1, 0.15) is 38.9 Å². The van der Waals surface area contributed by atoms with E-state index in [1.807, 2.05) is 0 Å². The number of amides is 1. The average molecular weight is 297 g/mol. The van der Waals surface area contributed by atoms with Crippen molar-refractivity contribution in [2.75, 3.05) is 12.4 Å². The highest BCUT2D eigenvalue weighted by Gasteiger charge is 2.18. The Bertz CT molecular complexity index is 496. The second-order valence-electron chi connectivity index (χ2n) is 5.26. The maximum absolute atomic E-state index is 11.5. The van der Waals surface area contributed by atoms with Crippen LogP contribution in [0.25, 0.3) is 0 Å². The van der Waals surface area contributed by atoms with Gasteiger partial charge in [-0.05, 0) is 20.8 Å². The summed E-state index contributed by atoms with van der Waals surface area (Å²) in [5, 5.41) is 12.1. The molecule has 0 saturated heterocycles. The third kappa shape index (κ3) is 6.17. The first-order chi connectivity index (χ1) is 9.71. The Kier molecular flexibility index (Phi) is 5.60. The number of nitrogens with zero attached hydrogens (tertiary/aromatic N) is 2. The number of aromatic nitrogens is 2. The van der Waals surface area contributed by atoms with Crippen molar-refractivity contribution in [3.63, 3.8) is 0 Å². The number of hydrogen-bond donors (Lipinski definition) is 2. The highest BCUT2D eigenvalue weighted by Crippen LogP contribution is 2.16. The van der Waals surface area contributed by atoms with E-state index >= 15 is 0 Å². The maximum atomic E-state index is 11.5. The zero-order chi connectivity index (χ0) is 16.0. The summed E-state index contributed by atoms with van der Waals surface area (Å²) < 4.78 is 9.50. The molecule has 8 nitrogen and oxygen atoms in total. The van der Waals surface area contributed by atoms with Crippen LogP contribution in [0.2, 0.25) is 0 Å². The number of hydrogen-bond acceptors (Lipinski definition) is 7. The molecule has 0 radical (unpaired) electrons. The zero-order valence-corrected chi connectivity index (χ0v) is 12.4. The monoisotopic (exact) mass is 297 g/mol. The number of esters is 1. The van der Waals surface area contributed by atoms with Gasteiger partial charge < -0.3 is 14.6 Å². The smallest absolute Gasteiger partial charge is 0.414 e. The van der Waals surface area contributed by atoms with Gasteiger partial charge in [-0.3, -0.25) is 10.1 Å². The van der Waals surface area contributed by atoms with Gasteiger partial charge >= 0.3 is 12.1 Å². The van der Waals surface area contributed by atoms with Gasteiger partial charge in [0.05, 0.1) is 19.6 Å². The van der Waals surface area contributed by atoms with Crippen LogP contribution in [-0.2, 0) is 14.3 Å². The standard InChI is InChI=1S/C13H19N3O5/c1-13(2,3)21-12(19)16-11-14-6-8(7-15-11)9(17)5-10(18)20-4/h6-7,9,17H,5H2,1-4H3,(H,14,15,16,19)/t9-/m0/s1. The van der Waals surface area contributed by atoms with E-state index in [1.165, 1.54) is 19.5 Å². The van der Waals surface area contributed by atoms with E-state index in [2.05, 4.69) is 20.0 Å². The van der Waals surface area contributed by atoms with Gasteiger partial charge in [-0.15, -0.1) is 0 Å². The van der Waals surface area contributed by atoms with Gasteiger partial charge in [0.2, 0.25) is 5.95 Å². The summed E-state index contributed by atoms with van der Waals surface area (Å²) in [6.45, 7) is 5.21. The van der Waals surface area contributed by atoms with Gasteiger partial charge in [-0.25, -0.2) is 14.8 Å². The van der Waals surface area contributed by atoms with E-state index in [0.29, 0.717) is 5.56 Å². The fourth-order valence-electron chi connectivity index (χ4n) is 1.33. The average Bonchev–Trinajstić information content (AvgIpc) is 2.36.